The molecule has 0 aromatic rings. The topological polar surface area (TPSA) is 80.7 Å². The summed E-state index contributed by atoms with van der Waals surface area (Å²) in [6, 6.07) is 0. The average molecular weight is 200 g/mol. The van der Waals surface area contributed by atoms with Gasteiger partial charge in [-0.25, -0.2) is 9.18 Å². The van der Waals surface area contributed by atoms with Crippen LogP contribution >= 0.6 is 0 Å². The average Bonchev–Trinajstić information content (AvgIpc) is 1.85. The van der Waals surface area contributed by atoms with Crippen LogP contribution in [0, 0.1) is 0 Å². The highest BCUT2D eigenvalue weighted by Gasteiger charge is 2.47. The molecule has 7 heteroatoms. The minimum absolute atomic E-state index is 0.159. The minimum atomic E-state index is -5.06. The summed E-state index contributed by atoms with van der Waals surface area (Å²) in [7, 11) is -5.06. The lowest BCUT2D eigenvalue weighted by atomic mass is 10.4. The Morgan fingerprint density at radius 3 is 2.33 bits per heavy atom. The van der Waals surface area contributed by atoms with Crippen molar-refractivity contribution >= 4 is 16.1 Å². The number of rotatable bonds is 3. The third kappa shape index (κ3) is 2.15. The molecule has 0 spiro atoms. The summed E-state index contributed by atoms with van der Waals surface area (Å²) in [5.74, 6) is -1.62. The van der Waals surface area contributed by atoms with E-state index >= 15 is 0 Å². The summed E-state index contributed by atoms with van der Waals surface area (Å²) in [4.78, 5) is 10.6. The van der Waals surface area contributed by atoms with Gasteiger partial charge in [0.05, 0.1) is 6.61 Å². The molecule has 0 rings (SSSR count). The molecule has 0 saturated heterocycles. The number of carbonyl (C=O) groups excluding carboxylic acids is 1. The number of ether oxygens (including phenoxy) is 1. The molecule has 1 atom stereocenters. The van der Waals surface area contributed by atoms with Crippen LogP contribution < -0.4 is 0 Å². The van der Waals surface area contributed by atoms with Gasteiger partial charge in [-0.15, -0.1) is 0 Å². The molecule has 0 aromatic heterocycles. The number of hydrogen-bond acceptors (Lipinski definition) is 4. The Morgan fingerprint density at radius 2 is 2.08 bits per heavy atom. The zero-order valence-electron chi connectivity index (χ0n) is 6.57. The third-order valence-electron chi connectivity index (χ3n) is 1.12. The summed E-state index contributed by atoms with van der Waals surface area (Å²) < 4.78 is 45.7. The van der Waals surface area contributed by atoms with Gasteiger partial charge in [-0.1, -0.05) is 0 Å². The van der Waals surface area contributed by atoms with Crippen molar-refractivity contribution in [1.29, 1.82) is 0 Å². The summed E-state index contributed by atoms with van der Waals surface area (Å²) >= 11 is 0. The lowest BCUT2D eigenvalue weighted by Gasteiger charge is -2.13. The van der Waals surface area contributed by atoms with Gasteiger partial charge in [0, 0.05) is 0 Å². The van der Waals surface area contributed by atoms with E-state index in [4.69, 9.17) is 4.55 Å². The number of halogens is 1. The summed E-state index contributed by atoms with van der Waals surface area (Å²) in [6.07, 6.45) is 0. The fourth-order valence-corrected chi connectivity index (χ4v) is 0.635. The highest BCUT2D eigenvalue weighted by atomic mass is 32.2. The number of carbonyl (C=O) groups is 1. The molecule has 0 bridgehead atoms. The number of alkyl halides is 1. The van der Waals surface area contributed by atoms with Crippen LogP contribution in [0.25, 0.3) is 0 Å². The quantitative estimate of drug-likeness (QED) is 0.517. The first-order chi connectivity index (χ1) is 5.23. The van der Waals surface area contributed by atoms with E-state index in [1.54, 1.807) is 0 Å². The Kier molecular flexibility index (Phi) is 3.17. The van der Waals surface area contributed by atoms with Gasteiger partial charge in [-0.3, -0.25) is 4.55 Å². The summed E-state index contributed by atoms with van der Waals surface area (Å²) in [5, 5.41) is -3.39. The largest absolute Gasteiger partial charge is 0.463 e. The smallest absolute Gasteiger partial charge is 0.362 e. The second kappa shape index (κ2) is 3.36. The van der Waals surface area contributed by atoms with Gasteiger partial charge in [0.1, 0.15) is 0 Å². The van der Waals surface area contributed by atoms with Gasteiger partial charge in [0.15, 0.2) is 0 Å². The third-order valence-corrected chi connectivity index (χ3v) is 2.26. The van der Waals surface area contributed by atoms with Crippen molar-refractivity contribution in [3.63, 3.8) is 0 Å². The molecule has 1 N–H and O–H groups in total. The van der Waals surface area contributed by atoms with Crippen LogP contribution in [-0.2, 0) is 19.6 Å². The van der Waals surface area contributed by atoms with Crippen molar-refractivity contribution in [1.82, 2.24) is 0 Å². The number of esters is 1. The zero-order chi connectivity index (χ0) is 9.99. The van der Waals surface area contributed by atoms with E-state index in [-0.39, 0.29) is 6.61 Å². The normalized spacial score (nSPS) is 16.7. The molecule has 0 saturated carbocycles. The van der Waals surface area contributed by atoms with Crippen molar-refractivity contribution in [2.75, 3.05) is 6.61 Å². The molecule has 0 aliphatic heterocycles. The molecular weight excluding hydrogens is 191 g/mol. The van der Waals surface area contributed by atoms with Gasteiger partial charge < -0.3 is 4.74 Å². The van der Waals surface area contributed by atoms with Crippen LogP contribution in [0.15, 0.2) is 0 Å². The summed E-state index contributed by atoms with van der Waals surface area (Å²) in [6.45, 7) is 1.65. The first-order valence-corrected chi connectivity index (χ1v) is 4.50. The molecule has 0 amide bonds. The van der Waals surface area contributed by atoms with E-state index in [1.807, 2.05) is 0 Å². The predicted molar refractivity (Wildman–Crippen MR) is 37.7 cm³/mol. The van der Waals surface area contributed by atoms with Crippen molar-refractivity contribution in [3.8, 4) is 0 Å². The summed E-state index contributed by atoms with van der Waals surface area (Å²) in [5.41, 5.74) is 0. The van der Waals surface area contributed by atoms with Crippen LogP contribution in [0.1, 0.15) is 13.8 Å². The second-order valence-electron chi connectivity index (χ2n) is 2.11. The Morgan fingerprint density at radius 1 is 1.67 bits per heavy atom. The fourth-order valence-electron chi connectivity index (χ4n) is 0.365. The highest BCUT2D eigenvalue weighted by molar-refractivity contribution is 7.87. The SMILES string of the molecule is CCOC(=O)C(C)(F)S(=O)(=O)O. The van der Waals surface area contributed by atoms with Crippen LogP contribution in [0.4, 0.5) is 4.39 Å². The molecule has 72 valence electrons. The van der Waals surface area contributed by atoms with Crippen LogP contribution in [-0.4, -0.2) is 30.5 Å². The lowest BCUT2D eigenvalue weighted by Crippen LogP contribution is -2.40. The molecular formula is C5H9FO5S. The van der Waals surface area contributed by atoms with E-state index < -0.39 is 21.1 Å². The van der Waals surface area contributed by atoms with Gasteiger partial charge >= 0.3 is 21.1 Å². The molecule has 0 aliphatic rings. The van der Waals surface area contributed by atoms with Crippen LogP contribution in [0.5, 0.6) is 0 Å². The molecule has 0 fully saturated rings. The molecule has 0 radical (unpaired) electrons. The number of hydrogen-bond donors (Lipinski definition) is 1. The molecule has 0 heterocycles. The van der Waals surface area contributed by atoms with Crippen molar-refractivity contribution < 1.29 is 26.9 Å². The monoisotopic (exact) mass is 200 g/mol. The molecule has 0 aliphatic carbocycles. The zero-order valence-corrected chi connectivity index (χ0v) is 7.39. The Balaban J connectivity index is 4.75. The standard InChI is InChI=1S/C5H9FO5S/c1-3-11-4(7)5(2,6)12(8,9)10/h3H2,1-2H3,(H,8,9,10). The van der Waals surface area contributed by atoms with Gasteiger partial charge in [-0.2, -0.15) is 8.42 Å². The second-order valence-corrected chi connectivity index (χ2v) is 3.83. The lowest BCUT2D eigenvalue weighted by molar-refractivity contribution is -0.150. The Hall–Kier alpha value is -0.690. The van der Waals surface area contributed by atoms with Crippen LogP contribution in [0.2, 0.25) is 0 Å². The predicted octanol–water partition coefficient (Wildman–Crippen LogP) is 0.123. The maximum absolute atomic E-state index is 12.9. The van der Waals surface area contributed by atoms with E-state index in [0.29, 0.717) is 6.92 Å². The highest BCUT2D eigenvalue weighted by Crippen LogP contribution is 2.19. The first-order valence-electron chi connectivity index (χ1n) is 3.06. The van der Waals surface area contributed by atoms with E-state index in [9.17, 15) is 17.6 Å². The van der Waals surface area contributed by atoms with Crippen molar-refractivity contribution in [3.05, 3.63) is 0 Å². The minimum Gasteiger partial charge on any atom is -0.463 e. The fraction of sp³-hybridized carbons (Fsp3) is 0.800. The maximum atomic E-state index is 12.9. The van der Waals surface area contributed by atoms with E-state index in [2.05, 4.69) is 4.74 Å². The van der Waals surface area contributed by atoms with Crippen molar-refractivity contribution in [2.45, 2.75) is 18.8 Å². The van der Waals surface area contributed by atoms with Crippen molar-refractivity contribution in [2.24, 2.45) is 0 Å². The molecule has 1 unspecified atom stereocenters. The Bertz CT molecular complexity index is 268. The molecule has 12 heavy (non-hydrogen) atoms. The molecule has 0 aromatic carbocycles. The first kappa shape index (κ1) is 11.3. The van der Waals surface area contributed by atoms with Gasteiger partial charge in [-0.05, 0) is 13.8 Å². The van der Waals surface area contributed by atoms with Gasteiger partial charge in [0.25, 0.3) is 0 Å². The van der Waals surface area contributed by atoms with E-state index in [1.165, 1.54) is 6.92 Å². The van der Waals surface area contributed by atoms with Crippen LogP contribution in [0.3, 0.4) is 0 Å². The Labute approximate surface area is 69.3 Å². The van der Waals surface area contributed by atoms with Gasteiger partial charge in [0.2, 0.25) is 0 Å². The molecule has 5 nitrogen and oxygen atoms in total. The maximum Gasteiger partial charge on any atom is 0.362 e. The van der Waals surface area contributed by atoms with E-state index in [0.717, 1.165) is 0 Å².